The molecule has 1 aliphatic rings. The zero-order valence-electron chi connectivity index (χ0n) is 26.3. The number of benzene rings is 2. The molecule has 1 fully saturated rings. The first-order valence-corrected chi connectivity index (χ1v) is 14.4. The fourth-order valence-corrected chi connectivity index (χ4v) is 5.07. The smallest absolute Gasteiger partial charge is 0.420 e. The molecule has 1 unspecified atom stereocenters. The third kappa shape index (κ3) is 7.69. The number of ether oxygens (including phenoxy) is 1. The lowest BCUT2D eigenvalue weighted by atomic mass is 9.96. The third-order valence-electron chi connectivity index (χ3n) is 7.59. The number of carboxylic acids is 1. The maximum Gasteiger partial charge on any atom is 0.420 e. The molecule has 2 aromatic rings. The molecule has 1 aliphatic heterocycles. The minimum absolute atomic E-state index is 0.0745. The van der Waals surface area contributed by atoms with Crippen LogP contribution in [0.15, 0.2) is 42.5 Å². The predicted octanol–water partition coefficient (Wildman–Crippen LogP) is 5.13. The second-order valence-electron chi connectivity index (χ2n) is 11.7. The molecule has 250 valence electrons. The van der Waals surface area contributed by atoms with Crippen LogP contribution in [0.1, 0.15) is 51.7 Å². The third-order valence-corrected chi connectivity index (χ3v) is 7.59. The molecule has 0 spiro atoms. The number of urea groups is 2. The summed E-state index contributed by atoms with van der Waals surface area (Å²) in [5, 5.41) is 16.7. The average Bonchev–Trinajstić information content (AvgIpc) is 3.13. The number of carbonyl (C=O) groups excluding carboxylic acids is 4. The molecule has 3 atom stereocenters. The lowest BCUT2D eigenvalue weighted by Crippen LogP contribution is -2.58. The lowest BCUT2D eigenvalue weighted by Gasteiger charge is -2.33. The van der Waals surface area contributed by atoms with E-state index in [1.807, 2.05) is 19.1 Å². The predicted molar refractivity (Wildman–Crippen MR) is 162 cm³/mol. The zero-order chi connectivity index (χ0) is 34.6. The number of para-hydroxylation sites is 1. The van der Waals surface area contributed by atoms with Crippen LogP contribution in [0.5, 0.6) is 5.75 Å². The van der Waals surface area contributed by atoms with Crippen molar-refractivity contribution in [2.75, 3.05) is 17.7 Å². The number of amides is 6. The van der Waals surface area contributed by atoms with Crippen LogP contribution in [0.2, 0.25) is 0 Å². The van der Waals surface area contributed by atoms with Gasteiger partial charge in [0.15, 0.2) is 0 Å². The molecular weight excluding hydrogens is 611 g/mol. The normalized spacial score (nSPS) is 18.0. The highest BCUT2D eigenvalue weighted by atomic mass is 19.4. The molecule has 1 saturated heterocycles. The first-order valence-electron chi connectivity index (χ1n) is 14.4. The second kappa shape index (κ2) is 14.1. The van der Waals surface area contributed by atoms with Gasteiger partial charge in [-0.15, -0.1) is 0 Å². The van der Waals surface area contributed by atoms with Crippen molar-refractivity contribution in [3.8, 4) is 5.75 Å². The standard InChI is InChI=1S/C31H38F3N5O7/c1-17(2)13-23(26(42)35-19(4)14-25(40)41)39-27(43)30(5,31(32,33)34)38(29(39)45)16-20-11-12-22(24(15-20)46-6)37-28(44)36-21-10-8-7-9-18(21)3/h7-12,15,17,19,23H,13-14,16H2,1-6H3,(H,35,42)(H,40,41)(H2,36,37,44)/t19-,23+,30?/m1/s1. The van der Waals surface area contributed by atoms with Gasteiger partial charge in [0, 0.05) is 18.3 Å². The van der Waals surface area contributed by atoms with Gasteiger partial charge in [-0.3, -0.25) is 19.3 Å². The van der Waals surface area contributed by atoms with Crippen LogP contribution in [0.25, 0.3) is 0 Å². The Bertz CT molecular complexity index is 1500. The number of hydrogen-bond acceptors (Lipinski definition) is 6. The number of halogens is 3. The van der Waals surface area contributed by atoms with Crippen molar-refractivity contribution in [2.24, 2.45) is 5.92 Å². The lowest BCUT2D eigenvalue weighted by molar-refractivity contribution is -0.212. The van der Waals surface area contributed by atoms with Crippen molar-refractivity contribution >= 4 is 41.2 Å². The summed E-state index contributed by atoms with van der Waals surface area (Å²) >= 11 is 0. The summed E-state index contributed by atoms with van der Waals surface area (Å²) in [6.07, 6.45) is -5.87. The highest BCUT2D eigenvalue weighted by Gasteiger charge is 2.70. The van der Waals surface area contributed by atoms with Gasteiger partial charge in [0.25, 0.3) is 5.91 Å². The molecule has 6 amide bonds. The Morgan fingerprint density at radius 3 is 2.22 bits per heavy atom. The van der Waals surface area contributed by atoms with Gasteiger partial charge in [0.05, 0.1) is 19.2 Å². The molecule has 3 rings (SSSR count). The summed E-state index contributed by atoms with van der Waals surface area (Å²) in [6, 6.07) is 6.66. The van der Waals surface area contributed by atoms with Crippen molar-refractivity contribution in [3.63, 3.8) is 0 Å². The monoisotopic (exact) mass is 649 g/mol. The van der Waals surface area contributed by atoms with Crippen LogP contribution >= 0.6 is 0 Å². The van der Waals surface area contributed by atoms with Crippen LogP contribution in [-0.4, -0.2) is 75.7 Å². The molecule has 1 heterocycles. The van der Waals surface area contributed by atoms with Crippen molar-refractivity contribution in [3.05, 3.63) is 53.6 Å². The Balaban J connectivity index is 1.93. The van der Waals surface area contributed by atoms with Gasteiger partial charge < -0.3 is 25.8 Å². The first kappa shape index (κ1) is 35.7. The van der Waals surface area contributed by atoms with E-state index in [0.29, 0.717) is 22.4 Å². The van der Waals surface area contributed by atoms with Gasteiger partial charge in [-0.25, -0.2) is 14.5 Å². The fraction of sp³-hybridized carbons (Fsp3) is 0.452. The number of methoxy groups -OCH3 is 1. The molecule has 0 aromatic heterocycles. The van der Waals surface area contributed by atoms with Gasteiger partial charge in [0.2, 0.25) is 11.4 Å². The quantitative estimate of drug-likeness (QED) is 0.232. The summed E-state index contributed by atoms with van der Waals surface area (Å²) in [5.41, 5.74) is -1.63. The minimum Gasteiger partial charge on any atom is -0.495 e. The topological polar surface area (TPSA) is 157 Å². The first-order chi connectivity index (χ1) is 21.4. The summed E-state index contributed by atoms with van der Waals surface area (Å²) in [4.78, 5) is 64.8. The van der Waals surface area contributed by atoms with Crippen LogP contribution in [0, 0.1) is 12.8 Å². The number of carboxylic acid groups (broad SMARTS) is 1. The number of nitrogens with one attached hydrogen (secondary N) is 3. The van der Waals surface area contributed by atoms with E-state index in [4.69, 9.17) is 9.84 Å². The minimum atomic E-state index is -5.23. The van der Waals surface area contributed by atoms with E-state index in [0.717, 1.165) is 5.56 Å². The molecule has 0 saturated carbocycles. The SMILES string of the molecule is COc1cc(CN2C(=O)N([C@@H](CC(C)C)C(=O)N[C@H](C)CC(=O)O)C(=O)C2(C)C(F)(F)F)ccc1NC(=O)Nc1ccccc1C. The summed E-state index contributed by atoms with van der Waals surface area (Å²) in [7, 11) is 1.29. The van der Waals surface area contributed by atoms with E-state index in [2.05, 4.69) is 16.0 Å². The van der Waals surface area contributed by atoms with E-state index in [-0.39, 0.29) is 29.3 Å². The van der Waals surface area contributed by atoms with Crippen LogP contribution in [-0.2, 0) is 20.9 Å². The molecule has 0 aliphatic carbocycles. The van der Waals surface area contributed by atoms with Crippen molar-refractivity contribution in [1.29, 1.82) is 0 Å². The molecule has 4 N–H and O–H groups in total. The number of nitrogens with zero attached hydrogens (tertiary/aromatic N) is 2. The Morgan fingerprint density at radius 2 is 1.65 bits per heavy atom. The van der Waals surface area contributed by atoms with E-state index in [9.17, 15) is 37.1 Å². The van der Waals surface area contributed by atoms with Gasteiger partial charge in [0.1, 0.15) is 11.8 Å². The number of aliphatic carboxylic acids is 1. The van der Waals surface area contributed by atoms with E-state index >= 15 is 0 Å². The summed E-state index contributed by atoms with van der Waals surface area (Å²) in [6.45, 7) is 6.40. The van der Waals surface area contributed by atoms with Crippen LogP contribution < -0.4 is 20.7 Å². The highest BCUT2D eigenvalue weighted by molar-refractivity contribution is 6.10. The van der Waals surface area contributed by atoms with Crippen LogP contribution in [0.3, 0.4) is 0 Å². The summed E-state index contributed by atoms with van der Waals surface area (Å²) in [5.74, 6) is -4.05. The number of hydrogen-bond donors (Lipinski definition) is 4. The van der Waals surface area contributed by atoms with Crippen LogP contribution in [0.4, 0.5) is 34.1 Å². The maximum absolute atomic E-state index is 14.6. The zero-order valence-corrected chi connectivity index (χ0v) is 26.3. The van der Waals surface area contributed by atoms with E-state index in [1.165, 1.54) is 32.2 Å². The highest BCUT2D eigenvalue weighted by Crippen LogP contribution is 2.44. The number of anilines is 2. The molecule has 46 heavy (non-hydrogen) atoms. The Hall–Kier alpha value is -4.82. The maximum atomic E-state index is 14.6. The van der Waals surface area contributed by atoms with Crippen molar-refractivity contribution in [1.82, 2.24) is 15.1 Å². The number of rotatable bonds is 12. The van der Waals surface area contributed by atoms with Gasteiger partial charge >= 0.3 is 24.2 Å². The number of carbonyl (C=O) groups is 5. The molecule has 2 aromatic carbocycles. The Morgan fingerprint density at radius 1 is 1.02 bits per heavy atom. The molecule has 12 nitrogen and oxygen atoms in total. The Labute approximate surface area is 264 Å². The molecule has 0 bridgehead atoms. The number of aryl methyl sites for hydroxylation is 1. The molecular formula is C31H38F3N5O7. The largest absolute Gasteiger partial charge is 0.495 e. The van der Waals surface area contributed by atoms with Gasteiger partial charge in [-0.05, 0) is 62.4 Å². The summed E-state index contributed by atoms with van der Waals surface area (Å²) < 4.78 is 49.3. The Kier molecular flexibility index (Phi) is 10.9. The number of imide groups is 1. The second-order valence-corrected chi connectivity index (χ2v) is 11.7. The molecule has 0 radical (unpaired) electrons. The fourth-order valence-electron chi connectivity index (χ4n) is 5.07. The van der Waals surface area contributed by atoms with Crippen molar-refractivity contribution in [2.45, 2.75) is 77.8 Å². The van der Waals surface area contributed by atoms with E-state index in [1.54, 1.807) is 26.0 Å². The van der Waals surface area contributed by atoms with E-state index < -0.39 is 66.6 Å². The average molecular weight is 650 g/mol. The number of alkyl halides is 3. The van der Waals surface area contributed by atoms with Crippen molar-refractivity contribution < 1.29 is 47.0 Å². The molecule has 15 heteroatoms. The van der Waals surface area contributed by atoms with Gasteiger partial charge in [-0.1, -0.05) is 38.1 Å². The van der Waals surface area contributed by atoms with Gasteiger partial charge in [-0.2, -0.15) is 13.2 Å².